The standard InChI is InChI=1S/C13H23NO/c1-10(2)9-13(15)14-8-4-7-12(14)11-5-3-6-11/h10-12H,3-9H2,1-2H3. The summed E-state index contributed by atoms with van der Waals surface area (Å²) in [6.45, 7) is 5.28. The van der Waals surface area contributed by atoms with Crippen molar-refractivity contribution in [2.24, 2.45) is 11.8 Å². The van der Waals surface area contributed by atoms with Crippen LogP contribution in [0.3, 0.4) is 0 Å². The van der Waals surface area contributed by atoms with E-state index in [9.17, 15) is 4.79 Å². The van der Waals surface area contributed by atoms with Gasteiger partial charge in [-0.1, -0.05) is 20.3 Å². The molecule has 1 saturated carbocycles. The van der Waals surface area contributed by atoms with Crippen LogP contribution in [0.15, 0.2) is 0 Å². The third kappa shape index (κ3) is 2.35. The highest BCUT2D eigenvalue weighted by molar-refractivity contribution is 5.77. The number of nitrogens with zero attached hydrogens (tertiary/aromatic N) is 1. The molecule has 0 bridgehead atoms. The van der Waals surface area contributed by atoms with Crippen molar-refractivity contribution in [2.45, 2.75) is 58.4 Å². The second-order valence-corrected chi connectivity index (χ2v) is 5.59. The molecule has 0 aromatic rings. The minimum absolute atomic E-state index is 0.402. The van der Waals surface area contributed by atoms with Crippen molar-refractivity contribution in [1.29, 1.82) is 0 Å². The summed E-state index contributed by atoms with van der Waals surface area (Å²) in [6, 6.07) is 0.602. The molecule has 1 saturated heterocycles. The van der Waals surface area contributed by atoms with Crippen LogP contribution in [0.2, 0.25) is 0 Å². The summed E-state index contributed by atoms with van der Waals surface area (Å²) in [5, 5.41) is 0. The van der Waals surface area contributed by atoms with E-state index in [-0.39, 0.29) is 0 Å². The van der Waals surface area contributed by atoms with Gasteiger partial charge in [0.05, 0.1) is 0 Å². The quantitative estimate of drug-likeness (QED) is 0.700. The topological polar surface area (TPSA) is 20.3 Å². The SMILES string of the molecule is CC(C)CC(=O)N1CCCC1C1CCC1. The van der Waals surface area contributed by atoms with Gasteiger partial charge in [0, 0.05) is 19.0 Å². The molecule has 0 aromatic heterocycles. The summed E-state index contributed by atoms with van der Waals surface area (Å²) in [4.78, 5) is 14.2. The minimum Gasteiger partial charge on any atom is -0.339 e. The maximum absolute atomic E-state index is 12.0. The predicted octanol–water partition coefficient (Wildman–Crippen LogP) is 2.82. The number of amides is 1. The molecule has 2 nitrogen and oxygen atoms in total. The van der Waals surface area contributed by atoms with E-state index in [0.717, 1.165) is 18.9 Å². The Morgan fingerprint density at radius 1 is 1.27 bits per heavy atom. The number of hydrogen-bond acceptors (Lipinski definition) is 1. The molecule has 1 amide bonds. The van der Waals surface area contributed by atoms with E-state index in [0.29, 0.717) is 17.9 Å². The Morgan fingerprint density at radius 2 is 2.00 bits per heavy atom. The van der Waals surface area contributed by atoms with Gasteiger partial charge in [0.2, 0.25) is 5.91 Å². The summed E-state index contributed by atoms with van der Waals surface area (Å²) in [5.41, 5.74) is 0. The lowest BCUT2D eigenvalue weighted by atomic mass is 9.78. The van der Waals surface area contributed by atoms with Gasteiger partial charge in [0.1, 0.15) is 0 Å². The Kier molecular flexibility index (Phi) is 3.32. The molecule has 2 heteroatoms. The van der Waals surface area contributed by atoms with Crippen LogP contribution < -0.4 is 0 Å². The van der Waals surface area contributed by atoms with E-state index in [2.05, 4.69) is 18.7 Å². The van der Waals surface area contributed by atoms with E-state index < -0.39 is 0 Å². The Bertz CT molecular complexity index is 233. The van der Waals surface area contributed by atoms with Crippen LogP contribution >= 0.6 is 0 Å². The summed E-state index contributed by atoms with van der Waals surface area (Å²) in [5.74, 6) is 1.74. The summed E-state index contributed by atoms with van der Waals surface area (Å²) in [7, 11) is 0. The highest BCUT2D eigenvalue weighted by atomic mass is 16.2. The molecule has 1 atom stereocenters. The molecule has 0 N–H and O–H groups in total. The maximum atomic E-state index is 12.0. The Labute approximate surface area is 93.0 Å². The second kappa shape index (κ2) is 4.54. The van der Waals surface area contributed by atoms with Crippen LogP contribution in [0.25, 0.3) is 0 Å². The van der Waals surface area contributed by atoms with Crippen molar-refractivity contribution in [1.82, 2.24) is 4.90 Å². The van der Waals surface area contributed by atoms with Crippen LogP contribution in [-0.2, 0) is 4.79 Å². The van der Waals surface area contributed by atoms with Crippen molar-refractivity contribution >= 4 is 5.91 Å². The molecule has 0 radical (unpaired) electrons. The number of carbonyl (C=O) groups is 1. The third-order valence-electron chi connectivity index (χ3n) is 3.90. The van der Waals surface area contributed by atoms with Gasteiger partial charge in [0.15, 0.2) is 0 Å². The van der Waals surface area contributed by atoms with E-state index in [1.54, 1.807) is 0 Å². The highest BCUT2D eigenvalue weighted by Crippen LogP contribution is 2.37. The fraction of sp³-hybridized carbons (Fsp3) is 0.923. The molecule has 1 heterocycles. The van der Waals surface area contributed by atoms with Crippen molar-refractivity contribution in [2.75, 3.05) is 6.54 Å². The van der Waals surface area contributed by atoms with Gasteiger partial charge in [0.25, 0.3) is 0 Å². The van der Waals surface area contributed by atoms with Gasteiger partial charge < -0.3 is 4.90 Å². The minimum atomic E-state index is 0.402. The van der Waals surface area contributed by atoms with E-state index in [1.807, 2.05) is 0 Å². The fourth-order valence-electron chi connectivity index (χ4n) is 2.88. The highest BCUT2D eigenvalue weighted by Gasteiger charge is 2.36. The zero-order chi connectivity index (χ0) is 10.8. The van der Waals surface area contributed by atoms with Crippen LogP contribution in [0, 0.1) is 11.8 Å². The summed E-state index contributed by atoms with van der Waals surface area (Å²) >= 11 is 0. The second-order valence-electron chi connectivity index (χ2n) is 5.59. The zero-order valence-corrected chi connectivity index (χ0v) is 10.0. The fourth-order valence-corrected chi connectivity index (χ4v) is 2.88. The molecule has 86 valence electrons. The Morgan fingerprint density at radius 3 is 2.53 bits per heavy atom. The van der Waals surface area contributed by atoms with Gasteiger partial charge >= 0.3 is 0 Å². The first-order chi connectivity index (χ1) is 7.18. The van der Waals surface area contributed by atoms with Crippen molar-refractivity contribution < 1.29 is 4.79 Å². The lowest BCUT2D eigenvalue weighted by Crippen LogP contribution is -2.42. The lowest BCUT2D eigenvalue weighted by molar-refractivity contribution is -0.134. The molecule has 0 spiro atoms. The van der Waals surface area contributed by atoms with Gasteiger partial charge in [-0.15, -0.1) is 0 Å². The van der Waals surface area contributed by atoms with Crippen molar-refractivity contribution in [3.8, 4) is 0 Å². The van der Waals surface area contributed by atoms with Crippen molar-refractivity contribution in [3.05, 3.63) is 0 Å². The van der Waals surface area contributed by atoms with Gasteiger partial charge in [-0.05, 0) is 37.5 Å². The van der Waals surface area contributed by atoms with Crippen molar-refractivity contribution in [3.63, 3.8) is 0 Å². The number of likely N-dealkylation sites (tertiary alicyclic amines) is 1. The molecule has 1 aliphatic heterocycles. The summed E-state index contributed by atoms with van der Waals surface area (Å²) in [6.07, 6.45) is 7.32. The Balaban J connectivity index is 1.91. The molecule has 1 aliphatic carbocycles. The molecule has 2 rings (SSSR count). The molecular formula is C13H23NO. The normalized spacial score (nSPS) is 27.1. The average Bonchev–Trinajstić information content (AvgIpc) is 2.48. The van der Waals surface area contributed by atoms with Gasteiger partial charge in [-0.3, -0.25) is 4.79 Å². The molecule has 2 fully saturated rings. The molecule has 2 aliphatic rings. The van der Waals surface area contributed by atoms with E-state index in [1.165, 1.54) is 32.1 Å². The van der Waals surface area contributed by atoms with Gasteiger partial charge in [-0.2, -0.15) is 0 Å². The monoisotopic (exact) mass is 209 g/mol. The molecule has 1 unspecified atom stereocenters. The predicted molar refractivity (Wildman–Crippen MR) is 61.5 cm³/mol. The first kappa shape index (κ1) is 11.0. The molecule has 0 aromatic carbocycles. The molecular weight excluding hydrogens is 186 g/mol. The number of carbonyl (C=O) groups excluding carboxylic acids is 1. The van der Waals surface area contributed by atoms with Gasteiger partial charge in [-0.25, -0.2) is 0 Å². The lowest BCUT2D eigenvalue weighted by Gasteiger charge is -2.37. The summed E-state index contributed by atoms with van der Waals surface area (Å²) < 4.78 is 0. The average molecular weight is 209 g/mol. The van der Waals surface area contributed by atoms with Crippen LogP contribution in [0.1, 0.15) is 52.4 Å². The van der Waals surface area contributed by atoms with E-state index >= 15 is 0 Å². The molecule has 15 heavy (non-hydrogen) atoms. The van der Waals surface area contributed by atoms with Crippen LogP contribution in [-0.4, -0.2) is 23.4 Å². The largest absolute Gasteiger partial charge is 0.339 e. The Hall–Kier alpha value is -0.530. The van der Waals surface area contributed by atoms with E-state index in [4.69, 9.17) is 0 Å². The maximum Gasteiger partial charge on any atom is 0.223 e. The smallest absolute Gasteiger partial charge is 0.223 e. The third-order valence-corrected chi connectivity index (χ3v) is 3.90. The first-order valence-electron chi connectivity index (χ1n) is 6.48. The first-order valence-corrected chi connectivity index (χ1v) is 6.48. The van der Waals surface area contributed by atoms with Crippen LogP contribution in [0.5, 0.6) is 0 Å². The number of rotatable bonds is 3. The van der Waals surface area contributed by atoms with Crippen LogP contribution in [0.4, 0.5) is 0 Å². The number of hydrogen-bond donors (Lipinski definition) is 0. The zero-order valence-electron chi connectivity index (χ0n) is 10.0.